The van der Waals surface area contributed by atoms with E-state index in [1.165, 1.54) is 38.6 Å². The van der Waals surface area contributed by atoms with Crippen molar-refractivity contribution in [2.45, 2.75) is 51.5 Å². The van der Waals surface area contributed by atoms with Crippen LogP contribution in [-0.2, 0) is 4.74 Å². The topological polar surface area (TPSA) is 24.5 Å². The Labute approximate surface area is 113 Å². The first-order chi connectivity index (χ1) is 8.74. The van der Waals surface area contributed by atoms with Crippen LogP contribution in [0.15, 0.2) is 0 Å². The van der Waals surface area contributed by atoms with E-state index in [1.54, 1.807) is 7.11 Å². The fraction of sp³-hybridized carbons (Fsp3) is 1.00. The average molecular weight is 256 g/mol. The molecule has 0 radical (unpaired) electrons. The Balaban J connectivity index is 2.06. The molecule has 1 fully saturated rings. The van der Waals surface area contributed by atoms with Crippen molar-refractivity contribution >= 4 is 0 Å². The molecule has 1 saturated carbocycles. The molecule has 0 heterocycles. The molecule has 3 nitrogen and oxygen atoms in total. The van der Waals surface area contributed by atoms with E-state index in [-0.39, 0.29) is 0 Å². The third-order valence-electron chi connectivity index (χ3n) is 4.17. The zero-order chi connectivity index (χ0) is 13.2. The van der Waals surface area contributed by atoms with Crippen molar-refractivity contribution in [1.82, 2.24) is 10.2 Å². The number of hydrogen-bond acceptors (Lipinski definition) is 3. The molecule has 1 atom stereocenters. The van der Waals surface area contributed by atoms with Gasteiger partial charge in [-0.25, -0.2) is 0 Å². The van der Waals surface area contributed by atoms with Gasteiger partial charge in [0.05, 0.1) is 0 Å². The Morgan fingerprint density at radius 1 is 1.28 bits per heavy atom. The molecule has 1 unspecified atom stereocenters. The minimum absolute atomic E-state index is 0.634. The van der Waals surface area contributed by atoms with E-state index in [2.05, 4.69) is 24.2 Å². The summed E-state index contributed by atoms with van der Waals surface area (Å²) in [6.07, 6.45) is 8.34. The number of nitrogens with one attached hydrogen (secondary N) is 1. The second-order valence-electron chi connectivity index (χ2n) is 5.84. The molecule has 0 aromatic heterocycles. The summed E-state index contributed by atoms with van der Waals surface area (Å²) in [5.74, 6) is 0.944. The minimum Gasteiger partial charge on any atom is -0.385 e. The van der Waals surface area contributed by atoms with Crippen molar-refractivity contribution in [2.24, 2.45) is 5.92 Å². The average Bonchev–Trinajstić information content (AvgIpc) is 2.39. The maximum absolute atomic E-state index is 5.05. The molecule has 0 spiro atoms. The van der Waals surface area contributed by atoms with Gasteiger partial charge in [-0.1, -0.05) is 19.3 Å². The number of rotatable bonds is 9. The number of ether oxygens (including phenoxy) is 1. The van der Waals surface area contributed by atoms with E-state index in [1.807, 2.05) is 0 Å². The summed E-state index contributed by atoms with van der Waals surface area (Å²) in [5.41, 5.74) is 0. The van der Waals surface area contributed by atoms with Crippen molar-refractivity contribution < 1.29 is 4.74 Å². The number of hydrogen-bond donors (Lipinski definition) is 1. The summed E-state index contributed by atoms with van der Waals surface area (Å²) >= 11 is 0. The van der Waals surface area contributed by atoms with Crippen molar-refractivity contribution in [3.8, 4) is 0 Å². The maximum atomic E-state index is 5.05. The summed E-state index contributed by atoms with van der Waals surface area (Å²) in [5, 5.41) is 3.52. The van der Waals surface area contributed by atoms with Crippen LogP contribution in [0.4, 0.5) is 0 Å². The summed E-state index contributed by atoms with van der Waals surface area (Å²) in [6, 6.07) is 0.634. The standard InChI is InChI=1S/C15H32N2O/c1-14(12-16-10-7-11-18-3)17(2)13-15-8-5-4-6-9-15/h14-16H,4-13H2,1-3H3. The van der Waals surface area contributed by atoms with Gasteiger partial charge in [0.15, 0.2) is 0 Å². The first-order valence-corrected chi connectivity index (χ1v) is 7.64. The molecule has 1 rings (SSSR count). The molecule has 0 aromatic carbocycles. The van der Waals surface area contributed by atoms with Crippen LogP contribution in [-0.4, -0.2) is 51.3 Å². The molecule has 1 aliphatic rings. The Morgan fingerprint density at radius 3 is 2.67 bits per heavy atom. The van der Waals surface area contributed by atoms with Gasteiger partial charge in [0.2, 0.25) is 0 Å². The van der Waals surface area contributed by atoms with Crippen LogP contribution in [0.25, 0.3) is 0 Å². The van der Waals surface area contributed by atoms with Crippen molar-refractivity contribution in [3.63, 3.8) is 0 Å². The Morgan fingerprint density at radius 2 is 2.00 bits per heavy atom. The van der Waals surface area contributed by atoms with Crippen molar-refractivity contribution in [2.75, 3.05) is 40.4 Å². The summed E-state index contributed by atoms with van der Waals surface area (Å²) in [4.78, 5) is 2.53. The van der Waals surface area contributed by atoms with Crippen LogP contribution >= 0.6 is 0 Å². The molecule has 0 bridgehead atoms. The molecule has 108 valence electrons. The molecule has 18 heavy (non-hydrogen) atoms. The third kappa shape index (κ3) is 6.72. The van der Waals surface area contributed by atoms with Gasteiger partial charge in [0.25, 0.3) is 0 Å². The summed E-state index contributed by atoms with van der Waals surface area (Å²) < 4.78 is 5.05. The maximum Gasteiger partial charge on any atom is 0.0474 e. The highest BCUT2D eigenvalue weighted by Gasteiger charge is 2.17. The number of nitrogens with zero attached hydrogens (tertiary/aromatic N) is 1. The lowest BCUT2D eigenvalue weighted by molar-refractivity contribution is 0.181. The van der Waals surface area contributed by atoms with Crippen LogP contribution in [0, 0.1) is 5.92 Å². The van der Waals surface area contributed by atoms with Gasteiger partial charge < -0.3 is 15.0 Å². The lowest BCUT2D eigenvalue weighted by atomic mass is 9.89. The first kappa shape index (κ1) is 15.9. The highest BCUT2D eigenvalue weighted by atomic mass is 16.5. The lowest BCUT2D eigenvalue weighted by Gasteiger charge is -2.31. The van der Waals surface area contributed by atoms with E-state index in [4.69, 9.17) is 4.74 Å². The second-order valence-corrected chi connectivity index (χ2v) is 5.84. The fourth-order valence-corrected chi connectivity index (χ4v) is 2.77. The molecule has 0 amide bonds. The van der Waals surface area contributed by atoms with Gasteiger partial charge in [0.1, 0.15) is 0 Å². The Bertz CT molecular complexity index is 193. The molecular formula is C15H32N2O. The van der Waals surface area contributed by atoms with E-state index in [0.717, 1.165) is 32.0 Å². The van der Waals surface area contributed by atoms with E-state index in [9.17, 15) is 0 Å². The molecule has 1 N–H and O–H groups in total. The number of methoxy groups -OCH3 is 1. The van der Waals surface area contributed by atoms with Gasteiger partial charge in [-0.05, 0) is 45.7 Å². The van der Waals surface area contributed by atoms with E-state index < -0.39 is 0 Å². The quantitative estimate of drug-likeness (QED) is 0.642. The number of likely N-dealkylation sites (N-methyl/N-ethyl adjacent to an activating group) is 1. The summed E-state index contributed by atoms with van der Waals surface area (Å²) in [7, 11) is 4.04. The zero-order valence-corrected chi connectivity index (χ0v) is 12.6. The predicted octanol–water partition coefficient (Wildman–Crippen LogP) is 2.51. The van der Waals surface area contributed by atoms with Gasteiger partial charge in [-0.15, -0.1) is 0 Å². The molecule has 0 aromatic rings. The monoisotopic (exact) mass is 256 g/mol. The van der Waals surface area contributed by atoms with E-state index in [0.29, 0.717) is 6.04 Å². The third-order valence-corrected chi connectivity index (χ3v) is 4.17. The van der Waals surface area contributed by atoms with Gasteiger partial charge in [-0.2, -0.15) is 0 Å². The highest BCUT2D eigenvalue weighted by molar-refractivity contribution is 4.73. The first-order valence-electron chi connectivity index (χ1n) is 7.64. The van der Waals surface area contributed by atoms with Crippen LogP contribution < -0.4 is 5.32 Å². The fourth-order valence-electron chi connectivity index (χ4n) is 2.77. The predicted molar refractivity (Wildman–Crippen MR) is 78.0 cm³/mol. The van der Waals surface area contributed by atoms with E-state index >= 15 is 0 Å². The van der Waals surface area contributed by atoms with Gasteiger partial charge in [-0.3, -0.25) is 0 Å². The van der Waals surface area contributed by atoms with Gasteiger partial charge >= 0.3 is 0 Å². The Hall–Kier alpha value is -0.120. The normalized spacial score (nSPS) is 19.3. The van der Waals surface area contributed by atoms with Crippen LogP contribution in [0.1, 0.15) is 45.4 Å². The van der Waals surface area contributed by atoms with Crippen LogP contribution in [0.5, 0.6) is 0 Å². The Kier molecular flexibility index (Phi) is 8.64. The highest BCUT2D eigenvalue weighted by Crippen LogP contribution is 2.24. The van der Waals surface area contributed by atoms with Crippen molar-refractivity contribution in [1.29, 1.82) is 0 Å². The lowest BCUT2D eigenvalue weighted by Crippen LogP contribution is -2.41. The minimum atomic E-state index is 0.634. The molecular weight excluding hydrogens is 224 g/mol. The molecule has 1 aliphatic carbocycles. The van der Waals surface area contributed by atoms with Crippen LogP contribution in [0.2, 0.25) is 0 Å². The molecule has 0 aliphatic heterocycles. The zero-order valence-electron chi connectivity index (χ0n) is 12.6. The largest absolute Gasteiger partial charge is 0.385 e. The second kappa shape index (κ2) is 9.76. The van der Waals surface area contributed by atoms with Gasteiger partial charge in [0, 0.05) is 32.8 Å². The summed E-state index contributed by atoms with van der Waals surface area (Å²) in [6.45, 7) is 6.62. The molecule has 0 saturated heterocycles. The SMILES string of the molecule is COCCCNCC(C)N(C)CC1CCCCC1. The van der Waals surface area contributed by atoms with Crippen LogP contribution in [0.3, 0.4) is 0 Å². The van der Waals surface area contributed by atoms with Crippen molar-refractivity contribution in [3.05, 3.63) is 0 Å². The smallest absolute Gasteiger partial charge is 0.0474 e. The molecule has 3 heteroatoms.